The fraction of sp³-hybridized carbons (Fsp3) is 0.636. The summed E-state index contributed by atoms with van der Waals surface area (Å²) in [6, 6.07) is 1.70. The van der Waals surface area contributed by atoms with Gasteiger partial charge in [-0.25, -0.2) is 9.97 Å². The third-order valence-corrected chi connectivity index (χ3v) is 3.16. The number of hydrogen-bond acceptors (Lipinski definition) is 4. The second-order valence-electron chi connectivity index (χ2n) is 4.34. The van der Waals surface area contributed by atoms with Crippen molar-refractivity contribution in [2.45, 2.75) is 25.6 Å². The molecule has 18 heavy (non-hydrogen) atoms. The van der Waals surface area contributed by atoms with Crippen LogP contribution in [0.25, 0.3) is 0 Å². The highest BCUT2D eigenvalue weighted by atomic mass is 19.4. The predicted molar refractivity (Wildman–Crippen MR) is 60.9 cm³/mol. The zero-order chi connectivity index (χ0) is 13.2. The second kappa shape index (κ2) is 5.09. The highest BCUT2D eigenvalue weighted by molar-refractivity contribution is 5.37. The minimum Gasteiger partial charge on any atom is -0.356 e. The molecule has 0 radical (unpaired) electrons. The lowest BCUT2D eigenvalue weighted by atomic mass is 9.96. The van der Waals surface area contributed by atoms with E-state index in [2.05, 4.69) is 9.97 Å². The molecule has 0 aromatic carbocycles. The first-order valence-electron chi connectivity index (χ1n) is 5.84. The van der Waals surface area contributed by atoms with Crippen molar-refractivity contribution in [3.05, 3.63) is 18.1 Å². The van der Waals surface area contributed by atoms with Gasteiger partial charge in [0.15, 0.2) is 0 Å². The van der Waals surface area contributed by atoms with E-state index < -0.39 is 12.1 Å². The first-order valence-corrected chi connectivity index (χ1v) is 5.84. The quantitative estimate of drug-likeness (QED) is 0.879. The van der Waals surface area contributed by atoms with Gasteiger partial charge in [0.05, 0.1) is 12.5 Å². The maximum absolute atomic E-state index is 12.5. The summed E-state index contributed by atoms with van der Waals surface area (Å²) in [5, 5.41) is 0. The van der Waals surface area contributed by atoms with Gasteiger partial charge in [0, 0.05) is 19.3 Å². The van der Waals surface area contributed by atoms with Crippen molar-refractivity contribution in [2.75, 3.05) is 18.0 Å². The molecule has 1 aromatic heterocycles. The number of rotatable bonds is 2. The Hall–Kier alpha value is -1.37. The smallest absolute Gasteiger partial charge is 0.356 e. The molecule has 0 atom stereocenters. The van der Waals surface area contributed by atoms with Gasteiger partial charge in [-0.2, -0.15) is 13.2 Å². The minimum atomic E-state index is -4.08. The number of aromatic nitrogens is 2. The van der Waals surface area contributed by atoms with Crippen LogP contribution < -0.4 is 10.6 Å². The Balaban J connectivity index is 2.01. The number of nitrogens with two attached hydrogens (primary N) is 1. The summed E-state index contributed by atoms with van der Waals surface area (Å²) in [5.74, 6) is -0.0268. The minimum absolute atomic E-state index is 0.117. The van der Waals surface area contributed by atoms with Crippen molar-refractivity contribution in [1.29, 1.82) is 0 Å². The van der Waals surface area contributed by atoms with E-state index in [1.807, 2.05) is 4.90 Å². The van der Waals surface area contributed by atoms with E-state index in [9.17, 15) is 13.2 Å². The Bertz CT molecular complexity index is 400. The molecule has 0 amide bonds. The first kappa shape index (κ1) is 13.1. The molecule has 1 aliphatic heterocycles. The third-order valence-electron chi connectivity index (χ3n) is 3.16. The number of alkyl halides is 3. The summed E-state index contributed by atoms with van der Waals surface area (Å²) in [6.07, 6.45) is -2.27. The Morgan fingerprint density at radius 2 is 2.00 bits per heavy atom. The van der Waals surface area contributed by atoms with Gasteiger partial charge in [-0.1, -0.05) is 0 Å². The molecule has 0 spiro atoms. The number of halogens is 3. The SMILES string of the molecule is NCc1nccc(N2CCC(C(F)(F)F)CC2)n1. The lowest BCUT2D eigenvalue weighted by Gasteiger charge is -2.33. The van der Waals surface area contributed by atoms with Crippen molar-refractivity contribution in [3.63, 3.8) is 0 Å². The maximum Gasteiger partial charge on any atom is 0.391 e. The summed E-state index contributed by atoms with van der Waals surface area (Å²) in [4.78, 5) is 10.0. The van der Waals surface area contributed by atoms with Gasteiger partial charge in [-0.3, -0.25) is 0 Å². The molecule has 2 N–H and O–H groups in total. The largest absolute Gasteiger partial charge is 0.391 e. The summed E-state index contributed by atoms with van der Waals surface area (Å²) < 4.78 is 37.6. The van der Waals surface area contributed by atoms with Gasteiger partial charge >= 0.3 is 6.18 Å². The van der Waals surface area contributed by atoms with E-state index in [-0.39, 0.29) is 19.4 Å². The average molecular weight is 260 g/mol. The fourth-order valence-corrected chi connectivity index (χ4v) is 2.10. The van der Waals surface area contributed by atoms with Gasteiger partial charge in [0.1, 0.15) is 11.6 Å². The summed E-state index contributed by atoms with van der Waals surface area (Å²) in [5.41, 5.74) is 5.44. The summed E-state index contributed by atoms with van der Waals surface area (Å²) in [7, 11) is 0. The second-order valence-corrected chi connectivity index (χ2v) is 4.34. The number of piperidine rings is 1. The molecule has 2 rings (SSSR count). The first-order chi connectivity index (χ1) is 8.50. The molecule has 1 aliphatic rings. The topological polar surface area (TPSA) is 55.0 Å². The van der Waals surface area contributed by atoms with E-state index in [4.69, 9.17) is 5.73 Å². The molecule has 0 unspecified atom stereocenters. The van der Waals surface area contributed by atoms with Crippen molar-refractivity contribution in [2.24, 2.45) is 11.7 Å². The van der Waals surface area contributed by atoms with Gasteiger partial charge in [-0.05, 0) is 18.9 Å². The van der Waals surface area contributed by atoms with Gasteiger partial charge in [0.2, 0.25) is 0 Å². The lowest BCUT2D eigenvalue weighted by molar-refractivity contribution is -0.179. The summed E-state index contributed by atoms with van der Waals surface area (Å²) in [6.45, 7) is 0.962. The molecule has 4 nitrogen and oxygen atoms in total. The van der Waals surface area contributed by atoms with Gasteiger partial charge in [0.25, 0.3) is 0 Å². The standard InChI is InChI=1S/C11H15F3N4/c12-11(13,14)8-2-5-18(6-3-8)10-1-4-16-9(7-15)17-10/h1,4,8H,2-3,5-7,15H2. The zero-order valence-electron chi connectivity index (χ0n) is 9.82. The van der Waals surface area contributed by atoms with Crippen LogP contribution in [0.3, 0.4) is 0 Å². The maximum atomic E-state index is 12.5. The van der Waals surface area contributed by atoms with Crippen LogP contribution in [0.4, 0.5) is 19.0 Å². The van der Waals surface area contributed by atoms with Crippen LogP contribution in [-0.4, -0.2) is 29.2 Å². The average Bonchev–Trinajstić information content (AvgIpc) is 2.38. The number of nitrogens with zero attached hydrogens (tertiary/aromatic N) is 3. The molecular formula is C11H15F3N4. The molecule has 1 fully saturated rings. The van der Waals surface area contributed by atoms with E-state index >= 15 is 0 Å². The Labute approximate surface area is 103 Å². The predicted octanol–water partition coefficient (Wildman–Crippen LogP) is 1.71. The van der Waals surface area contributed by atoms with Crippen LogP contribution in [-0.2, 0) is 6.54 Å². The van der Waals surface area contributed by atoms with Crippen molar-refractivity contribution >= 4 is 5.82 Å². The Morgan fingerprint density at radius 3 is 2.56 bits per heavy atom. The molecule has 2 heterocycles. The van der Waals surface area contributed by atoms with E-state index in [0.717, 1.165) is 0 Å². The number of anilines is 1. The van der Waals surface area contributed by atoms with E-state index in [0.29, 0.717) is 24.7 Å². The monoisotopic (exact) mass is 260 g/mol. The highest BCUT2D eigenvalue weighted by Gasteiger charge is 2.41. The van der Waals surface area contributed by atoms with E-state index in [1.165, 1.54) is 0 Å². The van der Waals surface area contributed by atoms with Crippen LogP contribution in [0.2, 0.25) is 0 Å². The zero-order valence-corrected chi connectivity index (χ0v) is 9.82. The van der Waals surface area contributed by atoms with Crippen molar-refractivity contribution in [1.82, 2.24) is 9.97 Å². The van der Waals surface area contributed by atoms with Gasteiger partial charge < -0.3 is 10.6 Å². The molecule has 100 valence electrons. The Kier molecular flexibility index (Phi) is 3.70. The molecule has 1 aromatic rings. The van der Waals surface area contributed by atoms with E-state index in [1.54, 1.807) is 12.3 Å². The molecule has 1 saturated heterocycles. The van der Waals surface area contributed by atoms with Crippen LogP contribution in [0.15, 0.2) is 12.3 Å². The summed E-state index contributed by atoms with van der Waals surface area (Å²) >= 11 is 0. The van der Waals surface area contributed by atoms with Crippen LogP contribution in [0, 0.1) is 5.92 Å². The van der Waals surface area contributed by atoms with Crippen LogP contribution in [0.5, 0.6) is 0 Å². The highest BCUT2D eigenvalue weighted by Crippen LogP contribution is 2.34. The number of hydrogen-bond donors (Lipinski definition) is 1. The van der Waals surface area contributed by atoms with Gasteiger partial charge in [-0.15, -0.1) is 0 Å². The normalized spacial score (nSPS) is 18.1. The molecule has 0 bridgehead atoms. The third kappa shape index (κ3) is 2.90. The Morgan fingerprint density at radius 1 is 1.33 bits per heavy atom. The van der Waals surface area contributed by atoms with Crippen molar-refractivity contribution < 1.29 is 13.2 Å². The molecule has 0 aliphatic carbocycles. The van der Waals surface area contributed by atoms with Crippen LogP contribution >= 0.6 is 0 Å². The lowest BCUT2D eigenvalue weighted by Crippen LogP contribution is -2.39. The van der Waals surface area contributed by atoms with Crippen LogP contribution in [0.1, 0.15) is 18.7 Å². The fourth-order valence-electron chi connectivity index (χ4n) is 2.10. The molecule has 7 heteroatoms. The van der Waals surface area contributed by atoms with Crippen molar-refractivity contribution in [3.8, 4) is 0 Å². The molecule has 0 saturated carbocycles. The molecular weight excluding hydrogens is 245 g/mol.